The van der Waals surface area contributed by atoms with Gasteiger partial charge >= 0.3 is 0 Å². The van der Waals surface area contributed by atoms with Gasteiger partial charge in [0.25, 0.3) is 5.91 Å². The van der Waals surface area contributed by atoms with Gasteiger partial charge in [-0.2, -0.15) is 0 Å². The van der Waals surface area contributed by atoms with E-state index >= 15 is 0 Å². The topological polar surface area (TPSA) is 34.0 Å². The monoisotopic (exact) mass is 312 g/mol. The van der Waals surface area contributed by atoms with Gasteiger partial charge in [-0.05, 0) is 39.8 Å². The van der Waals surface area contributed by atoms with Gasteiger partial charge < -0.3 is 9.88 Å². The van der Waals surface area contributed by atoms with Gasteiger partial charge in [0.05, 0.1) is 0 Å². The average Bonchev–Trinajstić information content (AvgIpc) is 2.64. The molecule has 1 heterocycles. The third-order valence-electron chi connectivity index (χ3n) is 4.73. The van der Waals surface area contributed by atoms with E-state index in [9.17, 15) is 4.79 Å². The van der Waals surface area contributed by atoms with Gasteiger partial charge in [0, 0.05) is 23.3 Å². The van der Waals surface area contributed by atoms with Crippen LogP contribution in [0.3, 0.4) is 0 Å². The van der Waals surface area contributed by atoms with Gasteiger partial charge in [-0.25, -0.2) is 0 Å². The molecule has 0 aromatic carbocycles. The number of nitrogens with zero attached hydrogens (tertiary/aromatic N) is 1. The zero-order chi connectivity index (χ0) is 13.7. The smallest absolute Gasteiger partial charge is 0.268 e. The fourth-order valence-corrected chi connectivity index (χ4v) is 3.15. The maximum Gasteiger partial charge on any atom is 0.268 e. The minimum atomic E-state index is 0.0196. The summed E-state index contributed by atoms with van der Waals surface area (Å²) in [6.07, 6.45) is 1.94. The van der Waals surface area contributed by atoms with Crippen molar-refractivity contribution in [1.82, 2.24) is 9.88 Å². The minimum absolute atomic E-state index is 0.0196. The largest absolute Gasteiger partial charge is 0.347 e. The van der Waals surface area contributed by atoms with Gasteiger partial charge in [-0.1, -0.05) is 27.7 Å². The third kappa shape index (κ3) is 1.91. The number of carbonyl (C=O) groups excluding carboxylic acids is 1. The Balaban J connectivity index is 2.15. The van der Waals surface area contributed by atoms with Crippen molar-refractivity contribution in [2.45, 2.75) is 47.2 Å². The predicted molar refractivity (Wildman–Crippen MR) is 76.6 cm³/mol. The summed E-state index contributed by atoms with van der Waals surface area (Å²) in [5.74, 6) is 0.0196. The number of hydrogen-bond donors (Lipinski definition) is 1. The molecule has 0 unspecified atom stereocenters. The van der Waals surface area contributed by atoms with E-state index in [0.717, 1.165) is 16.7 Å². The number of halogens is 1. The average molecular weight is 313 g/mol. The van der Waals surface area contributed by atoms with E-state index in [1.165, 1.54) is 0 Å². The molecule has 1 aliphatic carbocycles. The molecule has 4 heteroatoms. The molecule has 0 aliphatic heterocycles. The third-order valence-corrected chi connectivity index (χ3v) is 5.17. The molecule has 0 atom stereocenters. The zero-order valence-corrected chi connectivity index (χ0v) is 13.3. The highest BCUT2D eigenvalue weighted by Gasteiger charge is 2.65. The summed E-state index contributed by atoms with van der Waals surface area (Å²) in [4.78, 5) is 12.3. The Morgan fingerprint density at radius 3 is 2.39 bits per heavy atom. The van der Waals surface area contributed by atoms with Crippen molar-refractivity contribution >= 4 is 21.8 Å². The molecule has 1 amide bonds. The molecular weight excluding hydrogens is 292 g/mol. The van der Waals surface area contributed by atoms with E-state index in [1.54, 1.807) is 0 Å². The molecule has 1 fully saturated rings. The van der Waals surface area contributed by atoms with Crippen LogP contribution in [-0.4, -0.2) is 16.5 Å². The van der Waals surface area contributed by atoms with Crippen LogP contribution < -0.4 is 5.32 Å². The number of hydrogen-bond acceptors (Lipinski definition) is 1. The lowest BCUT2D eigenvalue weighted by atomic mass is 10.0. The lowest BCUT2D eigenvalue weighted by Crippen LogP contribution is -2.31. The van der Waals surface area contributed by atoms with Crippen LogP contribution >= 0.6 is 15.9 Å². The van der Waals surface area contributed by atoms with E-state index in [-0.39, 0.29) is 22.8 Å². The van der Waals surface area contributed by atoms with Crippen molar-refractivity contribution in [2.24, 2.45) is 10.8 Å². The van der Waals surface area contributed by atoms with Gasteiger partial charge in [0.2, 0.25) is 0 Å². The predicted octanol–water partition coefficient (Wildman–Crippen LogP) is 3.43. The summed E-state index contributed by atoms with van der Waals surface area (Å²) in [7, 11) is 0. The molecule has 1 aromatic heterocycles. The van der Waals surface area contributed by atoms with Crippen molar-refractivity contribution in [1.29, 1.82) is 0 Å². The zero-order valence-electron chi connectivity index (χ0n) is 11.7. The summed E-state index contributed by atoms with van der Waals surface area (Å²) in [6, 6.07) is 2.12. The maximum atomic E-state index is 12.3. The standard InChI is InChI=1S/C14H21BrN2O/c1-6-17-8-9(15)7-10(17)11(18)16-12-13(2,3)14(12,4)5/h7-8,12H,6H2,1-5H3,(H,16,18). The van der Waals surface area contributed by atoms with Crippen molar-refractivity contribution in [2.75, 3.05) is 0 Å². The first-order valence-corrected chi connectivity index (χ1v) is 7.17. The number of nitrogens with one attached hydrogen (secondary N) is 1. The molecule has 0 radical (unpaired) electrons. The van der Waals surface area contributed by atoms with Crippen molar-refractivity contribution in [3.8, 4) is 0 Å². The lowest BCUT2D eigenvalue weighted by molar-refractivity contribution is 0.0934. The Bertz CT molecular complexity index is 474. The molecule has 18 heavy (non-hydrogen) atoms. The van der Waals surface area contributed by atoms with Crippen LogP contribution in [0.1, 0.15) is 45.1 Å². The van der Waals surface area contributed by atoms with Crippen LogP contribution in [0.2, 0.25) is 0 Å². The summed E-state index contributed by atoms with van der Waals surface area (Å²) in [5.41, 5.74) is 1.07. The van der Waals surface area contributed by atoms with Gasteiger partial charge in [-0.15, -0.1) is 0 Å². The minimum Gasteiger partial charge on any atom is -0.347 e. The number of carbonyl (C=O) groups is 1. The molecule has 0 spiro atoms. The van der Waals surface area contributed by atoms with Crippen LogP contribution in [0.15, 0.2) is 16.7 Å². The SMILES string of the molecule is CCn1cc(Br)cc1C(=O)NC1C(C)(C)C1(C)C. The number of aryl methyl sites for hydroxylation is 1. The first-order chi connectivity index (χ1) is 8.21. The molecule has 0 saturated heterocycles. The van der Waals surface area contributed by atoms with Gasteiger partial charge in [0.1, 0.15) is 5.69 Å². The van der Waals surface area contributed by atoms with Crippen LogP contribution in [0, 0.1) is 10.8 Å². The summed E-state index contributed by atoms with van der Waals surface area (Å²) in [6.45, 7) is 11.6. The van der Waals surface area contributed by atoms with Crippen molar-refractivity contribution in [3.05, 3.63) is 22.4 Å². The van der Waals surface area contributed by atoms with Crippen LogP contribution in [0.5, 0.6) is 0 Å². The number of aromatic nitrogens is 1. The van der Waals surface area contributed by atoms with Gasteiger partial charge in [-0.3, -0.25) is 4.79 Å². The van der Waals surface area contributed by atoms with E-state index in [4.69, 9.17) is 0 Å². The Morgan fingerprint density at radius 2 is 1.94 bits per heavy atom. The highest BCUT2D eigenvalue weighted by Crippen LogP contribution is 2.62. The normalized spacial score (nSPS) is 20.8. The highest BCUT2D eigenvalue weighted by atomic mass is 79.9. The molecule has 1 saturated carbocycles. The summed E-state index contributed by atoms with van der Waals surface area (Å²) < 4.78 is 2.91. The maximum absolute atomic E-state index is 12.3. The number of rotatable bonds is 3. The van der Waals surface area contributed by atoms with Crippen molar-refractivity contribution < 1.29 is 4.79 Å². The van der Waals surface area contributed by atoms with E-state index in [1.807, 2.05) is 23.8 Å². The Kier molecular flexibility index (Phi) is 3.13. The summed E-state index contributed by atoms with van der Waals surface area (Å²) in [5, 5.41) is 3.16. The molecule has 100 valence electrons. The van der Waals surface area contributed by atoms with Crippen LogP contribution in [-0.2, 0) is 6.54 Å². The molecule has 2 rings (SSSR count). The second-order valence-electron chi connectivity index (χ2n) is 6.18. The Morgan fingerprint density at radius 1 is 1.39 bits per heavy atom. The number of amides is 1. The quantitative estimate of drug-likeness (QED) is 0.911. The lowest BCUT2D eigenvalue weighted by Gasteiger charge is -2.09. The Hall–Kier alpha value is -0.770. The van der Waals surface area contributed by atoms with Crippen LogP contribution in [0.4, 0.5) is 0 Å². The first-order valence-electron chi connectivity index (χ1n) is 6.38. The highest BCUT2D eigenvalue weighted by molar-refractivity contribution is 9.10. The Labute approximate surface area is 117 Å². The molecular formula is C14H21BrN2O. The van der Waals surface area contributed by atoms with E-state index in [0.29, 0.717) is 0 Å². The van der Waals surface area contributed by atoms with Crippen molar-refractivity contribution in [3.63, 3.8) is 0 Å². The fraction of sp³-hybridized carbons (Fsp3) is 0.643. The second kappa shape index (κ2) is 4.12. The molecule has 1 aliphatic rings. The van der Waals surface area contributed by atoms with E-state index in [2.05, 4.69) is 48.9 Å². The molecule has 0 bridgehead atoms. The van der Waals surface area contributed by atoms with E-state index < -0.39 is 0 Å². The second-order valence-corrected chi connectivity index (χ2v) is 7.10. The molecule has 1 aromatic rings. The fourth-order valence-electron chi connectivity index (χ4n) is 2.69. The molecule has 1 N–H and O–H groups in total. The van der Waals surface area contributed by atoms with Crippen LogP contribution in [0.25, 0.3) is 0 Å². The molecule has 3 nitrogen and oxygen atoms in total. The van der Waals surface area contributed by atoms with Gasteiger partial charge in [0.15, 0.2) is 0 Å². The summed E-state index contributed by atoms with van der Waals surface area (Å²) >= 11 is 3.42. The first kappa shape index (κ1) is 13.7.